The molecule has 3 aromatic rings. The molecule has 0 saturated carbocycles. The Morgan fingerprint density at radius 3 is 2.38 bits per heavy atom. The number of aliphatic carboxylic acids is 1. The predicted octanol–water partition coefficient (Wildman–Crippen LogP) is 4.20. The van der Waals surface area contributed by atoms with Gasteiger partial charge in [0.05, 0.1) is 31.3 Å². The Morgan fingerprint density at radius 1 is 1.00 bits per heavy atom. The summed E-state index contributed by atoms with van der Waals surface area (Å²) >= 11 is 0. The molecule has 3 rings (SSSR count). The molecular formula is C23H24N2O4. The summed E-state index contributed by atoms with van der Waals surface area (Å²) in [6.07, 6.45) is 3.49. The van der Waals surface area contributed by atoms with Crippen LogP contribution in [0.5, 0.6) is 0 Å². The van der Waals surface area contributed by atoms with Gasteiger partial charge in [0.25, 0.3) is 0 Å². The summed E-state index contributed by atoms with van der Waals surface area (Å²) in [6, 6.07) is 17.9. The molecule has 6 nitrogen and oxygen atoms in total. The number of hydrogen-bond acceptors (Lipinski definition) is 5. The van der Waals surface area contributed by atoms with Crippen molar-refractivity contribution >= 4 is 11.7 Å². The number of furan rings is 1. The smallest absolute Gasteiger partial charge is 0.304 e. The standard InChI is InChI=1S/C23H24N2O4/c1-17(20-6-2-18(3-7-20)14-24-12-10-23(26)27)25-29-15-19-4-8-21(9-5-19)22-11-13-28-16-22/h2-9,11,13,16,24-25H,1,10,12,14-15H2,(H,26,27). The molecule has 3 N–H and O–H groups in total. The first-order valence-corrected chi connectivity index (χ1v) is 9.32. The molecule has 0 saturated heterocycles. The second-order valence-electron chi connectivity index (χ2n) is 6.60. The van der Waals surface area contributed by atoms with Crippen LogP contribution in [-0.4, -0.2) is 17.6 Å². The fourth-order valence-electron chi connectivity index (χ4n) is 2.74. The minimum atomic E-state index is -0.802. The number of benzene rings is 2. The largest absolute Gasteiger partial charge is 0.481 e. The van der Waals surface area contributed by atoms with Crippen LogP contribution in [-0.2, 0) is 22.8 Å². The Bertz CT molecular complexity index is 917. The summed E-state index contributed by atoms with van der Waals surface area (Å²) < 4.78 is 5.10. The van der Waals surface area contributed by atoms with Crippen LogP contribution in [0, 0.1) is 0 Å². The third kappa shape index (κ3) is 6.34. The second-order valence-corrected chi connectivity index (χ2v) is 6.60. The predicted molar refractivity (Wildman–Crippen MR) is 112 cm³/mol. The highest BCUT2D eigenvalue weighted by molar-refractivity contribution is 5.66. The molecule has 0 amide bonds. The van der Waals surface area contributed by atoms with Crippen molar-refractivity contribution in [1.82, 2.24) is 10.8 Å². The highest BCUT2D eigenvalue weighted by atomic mass is 16.6. The molecule has 0 spiro atoms. The molecule has 0 aliphatic rings. The number of hydroxylamine groups is 1. The lowest BCUT2D eigenvalue weighted by molar-refractivity contribution is -0.136. The van der Waals surface area contributed by atoms with Crippen LogP contribution in [0.3, 0.4) is 0 Å². The first-order valence-electron chi connectivity index (χ1n) is 9.32. The van der Waals surface area contributed by atoms with Gasteiger partial charge in [-0.3, -0.25) is 15.1 Å². The number of hydrogen-bond donors (Lipinski definition) is 3. The summed E-state index contributed by atoms with van der Waals surface area (Å²) in [7, 11) is 0. The van der Waals surface area contributed by atoms with Gasteiger partial charge in [-0.15, -0.1) is 0 Å². The van der Waals surface area contributed by atoms with Crippen LogP contribution in [0.15, 0.2) is 78.1 Å². The summed E-state index contributed by atoms with van der Waals surface area (Å²) in [5.74, 6) is -0.802. The van der Waals surface area contributed by atoms with Crippen molar-refractivity contribution in [2.45, 2.75) is 19.6 Å². The molecule has 0 aliphatic carbocycles. The summed E-state index contributed by atoms with van der Waals surface area (Å²) in [6.45, 7) is 5.48. The van der Waals surface area contributed by atoms with Crippen LogP contribution in [0.2, 0.25) is 0 Å². The molecule has 1 aromatic heterocycles. The van der Waals surface area contributed by atoms with E-state index in [-0.39, 0.29) is 6.42 Å². The van der Waals surface area contributed by atoms with Crippen molar-refractivity contribution in [3.05, 3.63) is 90.4 Å². The maximum atomic E-state index is 10.5. The summed E-state index contributed by atoms with van der Waals surface area (Å²) in [5.41, 5.74) is 8.74. The van der Waals surface area contributed by atoms with Crippen molar-refractivity contribution in [3.63, 3.8) is 0 Å². The van der Waals surface area contributed by atoms with Gasteiger partial charge in [-0.1, -0.05) is 55.1 Å². The van der Waals surface area contributed by atoms with Crippen molar-refractivity contribution in [3.8, 4) is 11.1 Å². The van der Waals surface area contributed by atoms with Crippen molar-refractivity contribution in [1.29, 1.82) is 0 Å². The second kappa shape index (κ2) is 10.3. The molecule has 0 atom stereocenters. The lowest BCUT2D eigenvalue weighted by Gasteiger charge is -2.11. The molecule has 1 heterocycles. The van der Waals surface area contributed by atoms with Crippen molar-refractivity contribution in [2.24, 2.45) is 0 Å². The van der Waals surface area contributed by atoms with Gasteiger partial charge in [-0.2, -0.15) is 0 Å². The van der Waals surface area contributed by atoms with Gasteiger partial charge in [0, 0.05) is 18.7 Å². The number of nitrogens with one attached hydrogen (secondary N) is 2. The zero-order chi connectivity index (χ0) is 20.5. The molecule has 0 unspecified atom stereocenters. The van der Waals surface area contributed by atoms with Crippen LogP contribution < -0.4 is 10.8 Å². The van der Waals surface area contributed by atoms with E-state index >= 15 is 0 Å². The average molecular weight is 392 g/mol. The van der Waals surface area contributed by atoms with Gasteiger partial charge in [-0.25, -0.2) is 0 Å². The van der Waals surface area contributed by atoms with E-state index in [2.05, 4.69) is 17.4 Å². The van der Waals surface area contributed by atoms with Crippen molar-refractivity contribution in [2.75, 3.05) is 6.54 Å². The highest BCUT2D eigenvalue weighted by Crippen LogP contribution is 2.20. The molecular weight excluding hydrogens is 368 g/mol. The normalized spacial score (nSPS) is 10.6. The minimum absolute atomic E-state index is 0.113. The van der Waals surface area contributed by atoms with Crippen LogP contribution >= 0.6 is 0 Å². The van der Waals surface area contributed by atoms with Gasteiger partial charge in [0.2, 0.25) is 0 Å². The van der Waals surface area contributed by atoms with Gasteiger partial charge in [-0.05, 0) is 28.3 Å². The van der Waals surface area contributed by atoms with Gasteiger partial charge in [0.15, 0.2) is 0 Å². The van der Waals surface area contributed by atoms with E-state index in [1.165, 1.54) is 0 Å². The zero-order valence-electron chi connectivity index (χ0n) is 16.1. The third-order valence-corrected chi connectivity index (χ3v) is 4.39. The number of carbonyl (C=O) groups is 1. The van der Waals surface area contributed by atoms with Gasteiger partial charge in [0.1, 0.15) is 0 Å². The maximum absolute atomic E-state index is 10.5. The molecule has 0 radical (unpaired) electrons. The number of carboxylic acid groups (broad SMARTS) is 1. The maximum Gasteiger partial charge on any atom is 0.304 e. The molecule has 0 aliphatic heterocycles. The minimum Gasteiger partial charge on any atom is -0.481 e. The van der Waals surface area contributed by atoms with Crippen LogP contribution in [0.25, 0.3) is 16.8 Å². The molecule has 2 aromatic carbocycles. The summed E-state index contributed by atoms with van der Waals surface area (Å²) in [4.78, 5) is 16.1. The first-order chi connectivity index (χ1) is 14.1. The summed E-state index contributed by atoms with van der Waals surface area (Å²) in [5, 5.41) is 11.7. The highest BCUT2D eigenvalue weighted by Gasteiger charge is 2.02. The average Bonchev–Trinajstić information content (AvgIpc) is 3.27. The van der Waals surface area contributed by atoms with Crippen LogP contribution in [0.1, 0.15) is 23.1 Å². The zero-order valence-corrected chi connectivity index (χ0v) is 16.1. The lowest BCUT2D eigenvalue weighted by atomic mass is 10.1. The quantitative estimate of drug-likeness (QED) is 0.335. The van der Waals surface area contributed by atoms with Gasteiger partial charge < -0.3 is 14.8 Å². The molecule has 0 fully saturated rings. The van der Waals surface area contributed by atoms with E-state index in [1.54, 1.807) is 12.5 Å². The molecule has 29 heavy (non-hydrogen) atoms. The number of rotatable bonds is 11. The van der Waals surface area contributed by atoms with E-state index in [9.17, 15) is 4.79 Å². The van der Waals surface area contributed by atoms with E-state index in [1.807, 2.05) is 54.6 Å². The fourth-order valence-corrected chi connectivity index (χ4v) is 2.74. The lowest BCUT2D eigenvalue weighted by Crippen LogP contribution is -2.17. The van der Waals surface area contributed by atoms with Crippen LogP contribution in [0.4, 0.5) is 0 Å². The molecule has 6 heteroatoms. The fraction of sp³-hybridized carbons (Fsp3) is 0.174. The van der Waals surface area contributed by atoms with E-state index in [0.717, 1.165) is 27.8 Å². The first kappa shape index (κ1) is 20.4. The topological polar surface area (TPSA) is 83.7 Å². The monoisotopic (exact) mass is 392 g/mol. The Labute approximate surface area is 169 Å². The van der Waals surface area contributed by atoms with Gasteiger partial charge >= 0.3 is 5.97 Å². The van der Waals surface area contributed by atoms with E-state index in [0.29, 0.717) is 25.4 Å². The Morgan fingerprint density at radius 2 is 1.72 bits per heavy atom. The van der Waals surface area contributed by atoms with E-state index < -0.39 is 5.97 Å². The molecule has 150 valence electrons. The van der Waals surface area contributed by atoms with E-state index in [4.69, 9.17) is 14.4 Å². The van der Waals surface area contributed by atoms with Crippen molar-refractivity contribution < 1.29 is 19.2 Å². The SMILES string of the molecule is C=C(NOCc1ccc(-c2ccoc2)cc1)c1ccc(CNCCC(=O)O)cc1. The molecule has 0 bridgehead atoms. The number of carboxylic acids is 1. The Kier molecular flexibility index (Phi) is 7.22. The third-order valence-electron chi connectivity index (χ3n) is 4.39. The Hall–Kier alpha value is -3.35. The Balaban J connectivity index is 1.41.